The van der Waals surface area contributed by atoms with Crippen molar-refractivity contribution in [2.75, 3.05) is 6.54 Å². The van der Waals surface area contributed by atoms with Crippen LogP contribution in [-0.4, -0.2) is 22.1 Å². The fourth-order valence-corrected chi connectivity index (χ4v) is 5.69. The molecule has 0 saturated heterocycles. The lowest BCUT2D eigenvalue weighted by Crippen LogP contribution is -2.83. The van der Waals surface area contributed by atoms with Crippen LogP contribution in [0, 0.1) is 6.92 Å². The summed E-state index contributed by atoms with van der Waals surface area (Å²) in [5, 5.41) is 17.1. The molecule has 8 heteroatoms. The molecule has 196 valence electrons. The van der Waals surface area contributed by atoms with Crippen molar-refractivity contribution in [1.29, 1.82) is 0 Å². The average molecular weight is 531 g/mol. The van der Waals surface area contributed by atoms with Crippen LogP contribution in [0.2, 0.25) is 0 Å². The number of rotatable bonds is 10. The molecule has 0 spiro atoms. The third-order valence-corrected chi connectivity index (χ3v) is 7.78. The molecular formula is C30H32N3O4S+. The van der Waals surface area contributed by atoms with Gasteiger partial charge in [0.25, 0.3) is 5.91 Å². The Morgan fingerprint density at radius 3 is 2.71 bits per heavy atom. The fraction of sp³-hybridized carbons (Fsp3) is 0.267. The Morgan fingerprint density at radius 2 is 1.95 bits per heavy atom. The number of hydrogen-bond donors (Lipinski definition) is 3. The molecule has 5 rings (SSSR count). The Hall–Kier alpha value is -3.72. The maximum Gasteiger partial charge on any atom is 0.257 e. The van der Waals surface area contributed by atoms with Gasteiger partial charge in [0.15, 0.2) is 6.10 Å². The normalized spacial score (nSPS) is 12.3. The van der Waals surface area contributed by atoms with Crippen molar-refractivity contribution in [3.8, 4) is 0 Å². The van der Waals surface area contributed by atoms with E-state index >= 15 is 0 Å². The van der Waals surface area contributed by atoms with Gasteiger partial charge in [-0.1, -0.05) is 55.0 Å². The molecular weight excluding hydrogens is 498 g/mol. The van der Waals surface area contributed by atoms with Crippen LogP contribution in [0.25, 0.3) is 21.2 Å². The number of nitrogens with two attached hydrogens (primary N) is 1. The quantitative estimate of drug-likeness (QED) is 0.251. The van der Waals surface area contributed by atoms with E-state index in [0.29, 0.717) is 37.3 Å². The van der Waals surface area contributed by atoms with Crippen LogP contribution in [0.1, 0.15) is 51.6 Å². The van der Waals surface area contributed by atoms with E-state index in [9.17, 15) is 14.7 Å². The van der Waals surface area contributed by atoms with E-state index in [0.717, 1.165) is 38.2 Å². The standard InChI is InChI=1S/C30H31N3O4S/c1-3-12-33-18-24(29(36)32-15-20-10-8-19(2)9-11-20)28(35)23-14-22(38-30(23)33)16-31-17-25(34)27-13-21-6-4-5-7-26(21)37-27/h4-11,13-14,18,25,31,34H,3,12,15-17H2,1-2H3,(H,32,36)/p+1. The van der Waals surface area contributed by atoms with Crippen LogP contribution >= 0.6 is 11.3 Å². The predicted molar refractivity (Wildman–Crippen MR) is 150 cm³/mol. The Balaban J connectivity index is 1.30. The van der Waals surface area contributed by atoms with Gasteiger partial charge >= 0.3 is 0 Å². The van der Waals surface area contributed by atoms with Gasteiger partial charge in [-0.25, -0.2) is 0 Å². The summed E-state index contributed by atoms with van der Waals surface area (Å²) in [6.45, 7) is 6.20. The number of hydrogen-bond acceptors (Lipinski definition) is 5. The summed E-state index contributed by atoms with van der Waals surface area (Å²) in [7, 11) is 0. The Kier molecular flexibility index (Phi) is 7.74. The highest BCUT2D eigenvalue weighted by Crippen LogP contribution is 2.25. The lowest BCUT2D eigenvalue weighted by molar-refractivity contribution is -0.677. The van der Waals surface area contributed by atoms with Crippen molar-refractivity contribution in [3.63, 3.8) is 0 Å². The highest BCUT2D eigenvalue weighted by molar-refractivity contribution is 7.18. The van der Waals surface area contributed by atoms with Gasteiger partial charge in [0.1, 0.15) is 34.8 Å². The number of quaternary nitrogens is 1. The van der Waals surface area contributed by atoms with Crippen molar-refractivity contribution < 1.29 is 19.6 Å². The number of benzene rings is 2. The minimum atomic E-state index is -0.735. The second kappa shape index (κ2) is 11.3. The molecule has 2 aromatic carbocycles. The number of amides is 1. The number of nitrogens with zero attached hydrogens (tertiary/aromatic N) is 1. The highest BCUT2D eigenvalue weighted by Gasteiger charge is 2.19. The number of aliphatic hydroxyl groups is 1. The van der Waals surface area contributed by atoms with Crippen LogP contribution < -0.4 is 16.1 Å². The lowest BCUT2D eigenvalue weighted by atomic mass is 10.1. The van der Waals surface area contributed by atoms with Crippen LogP contribution in [0.4, 0.5) is 0 Å². The van der Waals surface area contributed by atoms with E-state index in [1.54, 1.807) is 17.5 Å². The van der Waals surface area contributed by atoms with Crippen LogP contribution in [0.15, 0.2) is 76.1 Å². The van der Waals surface area contributed by atoms with Gasteiger partial charge in [-0.05, 0) is 37.1 Å². The van der Waals surface area contributed by atoms with Crippen molar-refractivity contribution in [2.45, 2.75) is 46.0 Å². The van der Waals surface area contributed by atoms with Gasteiger partial charge < -0.3 is 24.7 Å². The van der Waals surface area contributed by atoms with E-state index in [-0.39, 0.29) is 16.9 Å². The molecule has 0 radical (unpaired) electrons. The summed E-state index contributed by atoms with van der Waals surface area (Å²) in [6.07, 6.45) is 1.83. The topological polar surface area (TPSA) is 101 Å². The van der Waals surface area contributed by atoms with Gasteiger partial charge in [0.05, 0.1) is 10.3 Å². The molecule has 7 nitrogen and oxygen atoms in total. The van der Waals surface area contributed by atoms with E-state index in [4.69, 9.17) is 4.42 Å². The summed E-state index contributed by atoms with van der Waals surface area (Å²) in [4.78, 5) is 28.2. The minimum absolute atomic E-state index is 0.159. The van der Waals surface area contributed by atoms with Crippen molar-refractivity contribution in [3.05, 3.63) is 104 Å². The van der Waals surface area contributed by atoms with Gasteiger partial charge in [0.2, 0.25) is 5.43 Å². The number of nitrogens with one attached hydrogen (secondary N) is 1. The number of aryl methyl sites for hydroxylation is 2. The van der Waals surface area contributed by atoms with E-state index in [1.165, 1.54) is 0 Å². The fourth-order valence-electron chi connectivity index (χ4n) is 4.54. The summed E-state index contributed by atoms with van der Waals surface area (Å²) in [6, 6.07) is 19.4. The Morgan fingerprint density at radius 1 is 1.16 bits per heavy atom. The molecule has 38 heavy (non-hydrogen) atoms. The molecule has 1 atom stereocenters. The number of aliphatic hydroxyl groups excluding tert-OH is 1. The zero-order valence-corrected chi connectivity index (χ0v) is 22.4. The number of thiophene rings is 1. The number of fused-ring (bicyclic) bond motifs is 2. The number of pyridine rings is 1. The van der Waals surface area contributed by atoms with Gasteiger partial charge in [-0.2, -0.15) is 0 Å². The van der Waals surface area contributed by atoms with Gasteiger partial charge in [-0.15, -0.1) is 11.3 Å². The molecule has 0 bridgehead atoms. The molecule has 1 amide bonds. The van der Waals surface area contributed by atoms with E-state index in [2.05, 4.69) is 12.2 Å². The van der Waals surface area contributed by atoms with Gasteiger partial charge in [0, 0.05) is 24.7 Å². The first kappa shape index (κ1) is 25.9. The number of carbonyl (C=O) groups is 1. The van der Waals surface area contributed by atoms with Crippen LogP contribution in [0.5, 0.6) is 0 Å². The van der Waals surface area contributed by atoms with Crippen molar-refractivity contribution in [1.82, 2.24) is 9.88 Å². The number of aromatic nitrogens is 1. The van der Waals surface area contributed by atoms with Crippen molar-refractivity contribution in [2.24, 2.45) is 0 Å². The molecule has 3 aromatic heterocycles. The maximum absolute atomic E-state index is 13.3. The monoisotopic (exact) mass is 530 g/mol. The number of carbonyl (C=O) groups excluding carboxylic acids is 1. The lowest BCUT2D eigenvalue weighted by Gasteiger charge is -2.10. The smallest absolute Gasteiger partial charge is 0.257 e. The van der Waals surface area contributed by atoms with Gasteiger partial charge in [-0.3, -0.25) is 9.59 Å². The van der Waals surface area contributed by atoms with E-state index < -0.39 is 6.10 Å². The zero-order valence-electron chi connectivity index (χ0n) is 21.6. The molecule has 0 aliphatic rings. The SMILES string of the molecule is CCCn1cc(C(=O)NCc2ccc(C)cc2)c(=O)c2cc(C[NH2+]CC(O)c3cc4ccccc4o3)sc21. The molecule has 0 saturated carbocycles. The molecule has 1 unspecified atom stereocenters. The summed E-state index contributed by atoms with van der Waals surface area (Å²) in [5.74, 6) is 0.179. The summed E-state index contributed by atoms with van der Waals surface area (Å²) in [5.41, 5.74) is 2.80. The first-order valence-corrected chi connectivity index (χ1v) is 13.7. The Labute approximate surface area is 224 Å². The summed E-state index contributed by atoms with van der Waals surface area (Å²) >= 11 is 1.56. The van der Waals surface area contributed by atoms with Crippen LogP contribution in [-0.2, 0) is 19.6 Å². The third-order valence-electron chi connectivity index (χ3n) is 6.59. The molecule has 0 fully saturated rings. The largest absolute Gasteiger partial charge is 0.458 e. The van der Waals surface area contributed by atoms with Crippen molar-refractivity contribution >= 4 is 38.4 Å². The first-order chi connectivity index (χ1) is 18.4. The first-order valence-electron chi connectivity index (χ1n) is 12.9. The predicted octanol–water partition coefficient (Wildman–Crippen LogP) is 4.25. The molecule has 5 aromatic rings. The maximum atomic E-state index is 13.3. The molecule has 3 heterocycles. The third kappa shape index (κ3) is 5.57. The highest BCUT2D eigenvalue weighted by atomic mass is 32.1. The van der Waals surface area contributed by atoms with Crippen LogP contribution in [0.3, 0.4) is 0 Å². The second-order valence-corrected chi connectivity index (χ2v) is 10.7. The second-order valence-electron chi connectivity index (χ2n) is 9.60. The molecule has 4 N–H and O–H groups in total. The number of para-hydroxylation sites is 1. The zero-order chi connectivity index (χ0) is 26.6. The average Bonchev–Trinajstić information content (AvgIpc) is 3.55. The summed E-state index contributed by atoms with van der Waals surface area (Å²) < 4.78 is 7.79. The Bertz CT molecular complexity index is 1600. The van der Waals surface area contributed by atoms with E-state index in [1.807, 2.05) is 77.5 Å². The minimum Gasteiger partial charge on any atom is -0.458 e. The number of furan rings is 1. The molecule has 0 aliphatic carbocycles. The molecule has 0 aliphatic heterocycles.